The molecule has 23 heavy (non-hydrogen) atoms. The number of rotatable bonds is 4. The Kier molecular flexibility index (Phi) is 4.38. The van der Waals surface area contributed by atoms with Crippen LogP contribution in [-0.4, -0.2) is 46.1 Å². The van der Waals surface area contributed by atoms with E-state index in [1.54, 1.807) is 23.1 Å². The van der Waals surface area contributed by atoms with Gasteiger partial charge in [0.25, 0.3) is 5.56 Å². The summed E-state index contributed by atoms with van der Waals surface area (Å²) in [5.74, 6) is 0.266. The first-order valence-electron chi connectivity index (χ1n) is 7.72. The number of aromatic nitrogens is 2. The number of carbonyl (C=O) groups is 1. The fourth-order valence-corrected chi connectivity index (χ4v) is 2.84. The molecule has 1 aromatic heterocycles. The van der Waals surface area contributed by atoms with E-state index >= 15 is 0 Å². The van der Waals surface area contributed by atoms with Crippen LogP contribution in [0.25, 0.3) is 10.9 Å². The van der Waals surface area contributed by atoms with Crippen molar-refractivity contribution in [1.82, 2.24) is 20.2 Å². The van der Waals surface area contributed by atoms with E-state index in [0.29, 0.717) is 23.3 Å². The molecular weight excluding hydrogens is 299 g/mol. The molecule has 2 N–H and O–H groups in total. The van der Waals surface area contributed by atoms with E-state index < -0.39 is 12.2 Å². The molecule has 0 spiro atoms. The molecule has 2 heterocycles. The molecule has 0 radical (unpaired) electrons. The third-order valence-electron chi connectivity index (χ3n) is 4.07. The molecule has 1 fully saturated rings. The predicted molar refractivity (Wildman–Crippen MR) is 84.8 cm³/mol. The van der Waals surface area contributed by atoms with E-state index in [0.717, 1.165) is 0 Å². The third kappa shape index (κ3) is 3.24. The second-order valence-corrected chi connectivity index (χ2v) is 5.68. The van der Waals surface area contributed by atoms with Gasteiger partial charge in [-0.15, -0.1) is 0 Å². The van der Waals surface area contributed by atoms with Gasteiger partial charge in [0.1, 0.15) is 12.0 Å². The Bertz CT molecular complexity index is 776. The predicted octanol–water partition coefficient (Wildman–Crippen LogP) is 0.972. The van der Waals surface area contributed by atoms with Crippen molar-refractivity contribution in [2.75, 3.05) is 13.1 Å². The van der Waals surface area contributed by atoms with E-state index in [1.165, 1.54) is 0 Å². The number of amides is 1. The van der Waals surface area contributed by atoms with Gasteiger partial charge in [0.05, 0.1) is 23.5 Å². The van der Waals surface area contributed by atoms with Gasteiger partial charge >= 0.3 is 0 Å². The van der Waals surface area contributed by atoms with Gasteiger partial charge in [0.2, 0.25) is 5.91 Å². The number of benzene rings is 1. The molecule has 0 saturated carbocycles. The molecule has 3 rings (SSSR count). The summed E-state index contributed by atoms with van der Waals surface area (Å²) in [7, 11) is 0. The molecule has 2 atom stereocenters. The van der Waals surface area contributed by atoms with Crippen LogP contribution in [0.2, 0.25) is 0 Å². The molecule has 1 amide bonds. The van der Waals surface area contributed by atoms with Gasteiger partial charge in [0.15, 0.2) is 0 Å². The zero-order valence-corrected chi connectivity index (χ0v) is 12.9. The van der Waals surface area contributed by atoms with Crippen molar-refractivity contribution < 1.29 is 9.18 Å². The number of carbonyl (C=O) groups excluding carboxylic acids is 1. The number of H-pyrrole nitrogens is 1. The Morgan fingerprint density at radius 3 is 2.91 bits per heavy atom. The minimum atomic E-state index is -0.985. The highest BCUT2D eigenvalue weighted by molar-refractivity contribution is 5.82. The van der Waals surface area contributed by atoms with Gasteiger partial charge in [-0.3, -0.25) is 9.59 Å². The van der Waals surface area contributed by atoms with Gasteiger partial charge in [-0.1, -0.05) is 12.1 Å². The van der Waals surface area contributed by atoms with Gasteiger partial charge in [-0.2, -0.15) is 0 Å². The minimum Gasteiger partial charge on any atom is -0.334 e. The summed E-state index contributed by atoms with van der Waals surface area (Å²) < 4.78 is 13.3. The number of hydrogen-bond acceptors (Lipinski definition) is 4. The number of nitrogens with zero attached hydrogens (tertiary/aromatic N) is 2. The summed E-state index contributed by atoms with van der Waals surface area (Å²) in [5, 5.41) is 3.41. The zero-order valence-electron chi connectivity index (χ0n) is 12.9. The maximum atomic E-state index is 13.3. The minimum absolute atomic E-state index is 0.163. The summed E-state index contributed by atoms with van der Waals surface area (Å²) in [4.78, 5) is 33.2. The topological polar surface area (TPSA) is 78.1 Å². The van der Waals surface area contributed by atoms with Crippen LogP contribution in [0.15, 0.2) is 29.1 Å². The lowest BCUT2D eigenvalue weighted by Crippen LogP contribution is -2.43. The maximum Gasteiger partial charge on any atom is 0.258 e. The standard InChI is InChI=1S/C16H19FN4O2/c1-2-21(16(23)13-7-10(17)8-18-13)9-14-19-12-6-4-3-5-11(12)15(22)20-14/h3-6,10,13,18H,2,7-9H2,1H3,(H,19,20,22)/t10-,13+/m0/s1. The summed E-state index contributed by atoms with van der Waals surface area (Å²) in [6, 6.07) is 6.55. The SMILES string of the molecule is CCN(Cc1nc2ccccc2c(=O)[nH]1)C(=O)[C@H]1C[C@H](F)CN1. The first-order valence-corrected chi connectivity index (χ1v) is 7.72. The van der Waals surface area contributed by atoms with Crippen LogP contribution in [0.1, 0.15) is 19.2 Å². The number of likely N-dealkylation sites (N-methyl/N-ethyl adjacent to an activating group) is 1. The van der Waals surface area contributed by atoms with Crippen molar-refractivity contribution in [3.05, 3.63) is 40.4 Å². The van der Waals surface area contributed by atoms with Crippen LogP contribution >= 0.6 is 0 Å². The Labute approximate surface area is 132 Å². The highest BCUT2D eigenvalue weighted by Crippen LogP contribution is 2.14. The van der Waals surface area contributed by atoms with E-state index in [2.05, 4.69) is 15.3 Å². The van der Waals surface area contributed by atoms with Crippen LogP contribution in [0.3, 0.4) is 0 Å². The van der Waals surface area contributed by atoms with Crippen LogP contribution in [0.4, 0.5) is 4.39 Å². The molecular formula is C16H19FN4O2. The lowest BCUT2D eigenvalue weighted by atomic mass is 10.2. The highest BCUT2D eigenvalue weighted by Gasteiger charge is 2.32. The fourth-order valence-electron chi connectivity index (χ4n) is 2.84. The monoisotopic (exact) mass is 318 g/mol. The van der Waals surface area contributed by atoms with Gasteiger partial charge in [0, 0.05) is 19.5 Å². The van der Waals surface area contributed by atoms with Crippen molar-refractivity contribution in [3.63, 3.8) is 0 Å². The lowest BCUT2D eigenvalue weighted by Gasteiger charge is -2.23. The second kappa shape index (κ2) is 6.45. The van der Waals surface area contributed by atoms with Gasteiger partial charge < -0.3 is 15.2 Å². The Morgan fingerprint density at radius 1 is 1.43 bits per heavy atom. The highest BCUT2D eigenvalue weighted by atomic mass is 19.1. The van der Waals surface area contributed by atoms with Crippen LogP contribution in [0.5, 0.6) is 0 Å². The number of hydrogen-bond donors (Lipinski definition) is 2. The fraction of sp³-hybridized carbons (Fsp3) is 0.438. The summed E-state index contributed by atoms with van der Waals surface area (Å²) in [6.07, 6.45) is -0.793. The Morgan fingerprint density at radius 2 is 2.22 bits per heavy atom. The Balaban J connectivity index is 1.81. The Hall–Kier alpha value is -2.28. The second-order valence-electron chi connectivity index (χ2n) is 5.68. The van der Waals surface area contributed by atoms with Crippen molar-refractivity contribution in [2.45, 2.75) is 32.1 Å². The summed E-state index contributed by atoms with van der Waals surface area (Å²) in [6.45, 7) is 2.72. The van der Waals surface area contributed by atoms with Crippen LogP contribution in [0, 0.1) is 0 Å². The molecule has 1 aromatic carbocycles. The average molecular weight is 318 g/mol. The molecule has 122 valence electrons. The number of halogens is 1. The summed E-state index contributed by atoms with van der Waals surface area (Å²) in [5.41, 5.74) is 0.370. The van der Waals surface area contributed by atoms with E-state index in [1.807, 2.05) is 13.0 Å². The summed E-state index contributed by atoms with van der Waals surface area (Å²) >= 11 is 0. The number of para-hydroxylation sites is 1. The molecule has 2 aromatic rings. The molecule has 7 heteroatoms. The number of alkyl halides is 1. The molecule has 0 bridgehead atoms. The third-order valence-corrected chi connectivity index (χ3v) is 4.07. The molecule has 1 saturated heterocycles. The van der Waals surface area contributed by atoms with E-state index in [9.17, 15) is 14.0 Å². The average Bonchev–Trinajstić information content (AvgIpc) is 2.98. The molecule has 0 aliphatic carbocycles. The largest absolute Gasteiger partial charge is 0.334 e. The number of aromatic amines is 1. The van der Waals surface area contributed by atoms with Crippen LogP contribution < -0.4 is 10.9 Å². The molecule has 6 nitrogen and oxygen atoms in total. The molecule has 1 aliphatic rings. The van der Waals surface area contributed by atoms with Crippen molar-refractivity contribution in [3.8, 4) is 0 Å². The molecule has 0 unspecified atom stereocenters. The van der Waals surface area contributed by atoms with Crippen molar-refractivity contribution in [2.24, 2.45) is 0 Å². The van der Waals surface area contributed by atoms with Gasteiger partial charge in [-0.05, 0) is 19.1 Å². The normalized spacial score (nSPS) is 20.8. The lowest BCUT2D eigenvalue weighted by molar-refractivity contribution is -0.133. The first kappa shape index (κ1) is 15.6. The van der Waals surface area contributed by atoms with Crippen molar-refractivity contribution in [1.29, 1.82) is 0 Å². The maximum absolute atomic E-state index is 13.3. The number of fused-ring (bicyclic) bond motifs is 1. The van der Waals surface area contributed by atoms with E-state index in [4.69, 9.17) is 0 Å². The first-order chi connectivity index (χ1) is 11.1. The smallest absolute Gasteiger partial charge is 0.258 e. The van der Waals surface area contributed by atoms with Gasteiger partial charge in [-0.25, -0.2) is 9.37 Å². The zero-order chi connectivity index (χ0) is 16.4. The quantitative estimate of drug-likeness (QED) is 0.880. The molecule has 1 aliphatic heterocycles. The number of nitrogens with one attached hydrogen (secondary N) is 2. The van der Waals surface area contributed by atoms with Crippen molar-refractivity contribution >= 4 is 16.8 Å². The van der Waals surface area contributed by atoms with Crippen LogP contribution in [-0.2, 0) is 11.3 Å². The van der Waals surface area contributed by atoms with E-state index in [-0.39, 0.29) is 31.0 Å².